The maximum atomic E-state index is 13.2. The Kier molecular flexibility index (Phi) is 6.86. The number of carbonyl (C=O) groups is 1. The predicted molar refractivity (Wildman–Crippen MR) is 132 cm³/mol. The van der Waals surface area contributed by atoms with E-state index >= 15 is 0 Å². The molecule has 0 unspecified atom stereocenters. The van der Waals surface area contributed by atoms with Crippen molar-refractivity contribution in [2.75, 3.05) is 29.4 Å². The molecule has 1 amide bonds. The number of halogens is 1. The van der Waals surface area contributed by atoms with Crippen molar-refractivity contribution in [3.05, 3.63) is 59.2 Å². The average Bonchev–Trinajstić information content (AvgIpc) is 3.12. The van der Waals surface area contributed by atoms with Crippen LogP contribution in [0, 0.1) is 12.8 Å². The fourth-order valence-electron chi connectivity index (χ4n) is 3.73. The molecule has 0 atom stereocenters. The molecular weight excluding hydrogens is 448 g/mol. The minimum atomic E-state index is -0.0204. The lowest BCUT2D eigenvalue weighted by molar-refractivity contribution is -0.123. The van der Waals surface area contributed by atoms with Gasteiger partial charge >= 0.3 is 0 Å². The molecule has 0 saturated carbocycles. The molecule has 2 heterocycles. The second kappa shape index (κ2) is 9.61. The van der Waals surface area contributed by atoms with Crippen LogP contribution in [0.15, 0.2) is 52.7 Å². The minimum absolute atomic E-state index is 0.0204. The second-order valence-electron chi connectivity index (χ2n) is 7.61. The maximum absolute atomic E-state index is 13.2. The van der Waals surface area contributed by atoms with Gasteiger partial charge in [-0.15, -0.1) is 0 Å². The van der Waals surface area contributed by atoms with Gasteiger partial charge in [-0.25, -0.2) is 4.98 Å². The van der Waals surface area contributed by atoms with Crippen LogP contribution in [0.25, 0.3) is 11.1 Å². The van der Waals surface area contributed by atoms with Gasteiger partial charge < -0.3 is 4.90 Å². The zero-order valence-electron chi connectivity index (χ0n) is 17.5. The quantitative estimate of drug-likeness (QED) is 0.452. The summed E-state index contributed by atoms with van der Waals surface area (Å²) in [5.41, 5.74) is 4.12. The van der Waals surface area contributed by atoms with Crippen LogP contribution in [0.3, 0.4) is 0 Å². The molecule has 162 valence electrons. The Morgan fingerprint density at radius 2 is 1.97 bits per heavy atom. The van der Waals surface area contributed by atoms with Gasteiger partial charge in [-0.1, -0.05) is 60.2 Å². The third kappa shape index (κ3) is 4.60. The summed E-state index contributed by atoms with van der Waals surface area (Å²) in [6, 6.07) is 16.2. The number of aromatic nitrogens is 1. The lowest BCUT2D eigenvalue weighted by Crippen LogP contribution is -2.55. The summed E-state index contributed by atoms with van der Waals surface area (Å²) in [6.45, 7) is 6.11. The van der Waals surface area contributed by atoms with Crippen molar-refractivity contribution in [1.82, 2.24) is 4.98 Å². The Morgan fingerprint density at radius 3 is 2.58 bits per heavy atom. The molecule has 1 aliphatic rings. The Bertz CT molecular complexity index is 1060. The summed E-state index contributed by atoms with van der Waals surface area (Å²) in [6.07, 6.45) is 0.884. The summed E-state index contributed by atoms with van der Waals surface area (Å²) in [4.78, 5) is 21.8. The third-order valence-electron chi connectivity index (χ3n) is 5.44. The highest BCUT2D eigenvalue weighted by molar-refractivity contribution is 7.99. The van der Waals surface area contributed by atoms with Gasteiger partial charge in [0, 0.05) is 35.9 Å². The van der Waals surface area contributed by atoms with Crippen LogP contribution in [0.1, 0.15) is 19.0 Å². The molecule has 3 aromatic rings. The first kappa shape index (κ1) is 22.1. The Labute approximate surface area is 196 Å². The van der Waals surface area contributed by atoms with E-state index in [-0.39, 0.29) is 11.8 Å². The summed E-state index contributed by atoms with van der Waals surface area (Å²) in [5, 5.41) is 7.21. The molecule has 1 saturated heterocycles. The summed E-state index contributed by atoms with van der Waals surface area (Å²) < 4.78 is 0.956. The van der Waals surface area contributed by atoms with Gasteiger partial charge in [0.05, 0.1) is 15.8 Å². The Morgan fingerprint density at radius 1 is 1.26 bits per heavy atom. The number of carbonyl (C=O) groups excluding carboxylic acids is 1. The fraction of sp³-hybridized carbons (Fsp3) is 0.304. The van der Waals surface area contributed by atoms with Gasteiger partial charge in [-0.3, -0.25) is 14.8 Å². The molecule has 0 bridgehead atoms. The summed E-state index contributed by atoms with van der Waals surface area (Å²) in [7, 11) is 0. The van der Waals surface area contributed by atoms with Crippen LogP contribution in [0.4, 0.5) is 10.8 Å². The van der Waals surface area contributed by atoms with Crippen molar-refractivity contribution in [1.29, 1.82) is 0 Å². The molecule has 0 radical (unpaired) electrons. The van der Waals surface area contributed by atoms with Crippen molar-refractivity contribution in [2.24, 2.45) is 11.1 Å². The first-order valence-electron chi connectivity index (χ1n) is 10.3. The molecule has 0 aliphatic carbocycles. The molecule has 1 aromatic heterocycles. The van der Waals surface area contributed by atoms with E-state index in [0.29, 0.717) is 19.6 Å². The number of rotatable bonds is 7. The highest BCUT2D eigenvalue weighted by Crippen LogP contribution is 2.35. The molecule has 4 rings (SSSR count). The molecular formula is C23H25ClN4OS2. The van der Waals surface area contributed by atoms with E-state index in [1.54, 1.807) is 0 Å². The number of amides is 1. The average molecular weight is 473 g/mol. The number of thiazole rings is 1. The molecule has 0 spiro atoms. The standard InChI is InChI=1S/C23H25ClN4OS2/c1-3-12-28(23-26-15(2)22(30-23)31-25)21(29)17-13-27(14-17)18-10-8-16(9-11-18)19-6-4-5-7-20(19)24/h4-11,17H,3,12-14,25H2,1-2H3. The van der Waals surface area contributed by atoms with Crippen molar-refractivity contribution in [3.8, 4) is 11.1 Å². The molecule has 2 aromatic carbocycles. The normalized spacial score (nSPS) is 13.9. The van der Waals surface area contributed by atoms with E-state index in [2.05, 4.69) is 41.1 Å². The lowest BCUT2D eigenvalue weighted by Gasteiger charge is -2.41. The van der Waals surface area contributed by atoms with Crippen LogP contribution in [-0.4, -0.2) is 30.5 Å². The van der Waals surface area contributed by atoms with Crippen LogP contribution in [0.2, 0.25) is 5.02 Å². The van der Waals surface area contributed by atoms with E-state index in [4.69, 9.17) is 16.7 Å². The number of aryl methyl sites for hydroxylation is 1. The van der Waals surface area contributed by atoms with Crippen molar-refractivity contribution >= 4 is 51.6 Å². The predicted octanol–water partition coefficient (Wildman–Crippen LogP) is 5.62. The number of hydrogen-bond donors (Lipinski definition) is 1. The van der Waals surface area contributed by atoms with E-state index in [1.807, 2.05) is 36.1 Å². The first-order valence-corrected chi connectivity index (χ1v) is 12.3. The van der Waals surface area contributed by atoms with Crippen LogP contribution < -0.4 is 14.9 Å². The third-order valence-corrected chi connectivity index (χ3v) is 7.79. The van der Waals surface area contributed by atoms with Gasteiger partial charge in [-0.2, -0.15) is 0 Å². The number of nitrogens with two attached hydrogens (primary N) is 1. The Hall–Kier alpha value is -2.06. The van der Waals surface area contributed by atoms with Gasteiger partial charge in [-0.05, 0) is 49.1 Å². The number of anilines is 2. The number of hydrogen-bond acceptors (Lipinski definition) is 6. The van der Waals surface area contributed by atoms with Crippen LogP contribution >= 0.6 is 34.9 Å². The summed E-state index contributed by atoms with van der Waals surface area (Å²) in [5.74, 6) is 0.126. The van der Waals surface area contributed by atoms with Crippen LogP contribution in [-0.2, 0) is 4.79 Å². The van der Waals surface area contributed by atoms with Gasteiger partial charge in [0.25, 0.3) is 0 Å². The maximum Gasteiger partial charge on any atom is 0.235 e. The lowest BCUT2D eigenvalue weighted by atomic mass is 9.96. The molecule has 5 nitrogen and oxygen atoms in total. The Balaban J connectivity index is 1.42. The zero-order valence-corrected chi connectivity index (χ0v) is 19.9. The van der Waals surface area contributed by atoms with Gasteiger partial charge in [0.15, 0.2) is 5.13 Å². The summed E-state index contributed by atoms with van der Waals surface area (Å²) >= 11 is 9.00. The van der Waals surface area contributed by atoms with E-state index in [9.17, 15) is 4.79 Å². The highest BCUT2D eigenvalue weighted by Gasteiger charge is 2.36. The van der Waals surface area contributed by atoms with E-state index < -0.39 is 0 Å². The molecule has 1 fully saturated rings. The van der Waals surface area contributed by atoms with Gasteiger partial charge in [0.1, 0.15) is 0 Å². The fourth-order valence-corrected chi connectivity index (χ4v) is 5.44. The molecule has 31 heavy (non-hydrogen) atoms. The number of benzene rings is 2. The van der Waals surface area contributed by atoms with Gasteiger partial charge in [0.2, 0.25) is 5.91 Å². The molecule has 2 N–H and O–H groups in total. The SMILES string of the molecule is CCCN(C(=O)C1CN(c2ccc(-c3ccccc3Cl)cc2)C1)c1nc(C)c(SN)s1. The first-order chi connectivity index (χ1) is 15.0. The smallest absolute Gasteiger partial charge is 0.235 e. The second-order valence-corrected chi connectivity index (χ2v) is 9.89. The van der Waals surface area contributed by atoms with Crippen molar-refractivity contribution in [3.63, 3.8) is 0 Å². The monoisotopic (exact) mass is 472 g/mol. The van der Waals surface area contributed by atoms with Crippen molar-refractivity contribution in [2.45, 2.75) is 24.5 Å². The largest absolute Gasteiger partial charge is 0.370 e. The minimum Gasteiger partial charge on any atom is -0.370 e. The molecule has 1 aliphatic heterocycles. The topological polar surface area (TPSA) is 62.5 Å². The van der Waals surface area contributed by atoms with Crippen molar-refractivity contribution < 1.29 is 4.79 Å². The zero-order chi connectivity index (χ0) is 22.0. The molecule has 8 heteroatoms. The van der Waals surface area contributed by atoms with Crippen LogP contribution in [0.5, 0.6) is 0 Å². The van der Waals surface area contributed by atoms with E-state index in [0.717, 1.165) is 43.3 Å². The highest BCUT2D eigenvalue weighted by atomic mass is 35.5. The number of nitrogens with zero attached hydrogens (tertiary/aromatic N) is 3. The van der Waals surface area contributed by atoms with E-state index in [1.165, 1.54) is 23.3 Å².